The van der Waals surface area contributed by atoms with E-state index in [1.165, 1.54) is 5.56 Å². The van der Waals surface area contributed by atoms with Gasteiger partial charge in [-0.1, -0.05) is 145 Å². The van der Waals surface area contributed by atoms with E-state index in [2.05, 4.69) is 86.6 Å². The first kappa shape index (κ1) is 33.1. The van der Waals surface area contributed by atoms with E-state index < -0.39 is 0 Å². The average Bonchev–Trinajstić information content (AvgIpc) is 3.59. The van der Waals surface area contributed by atoms with Crippen LogP contribution >= 0.6 is 11.3 Å². The summed E-state index contributed by atoms with van der Waals surface area (Å²) in [7, 11) is 0. The first-order valence-electron chi connectivity index (χ1n) is 16.1. The molecule has 4 nitrogen and oxygen atoms in total. The molecule has 2 heterocycles. The van der Waals surface area contributed by atoms with Gasteiger partial charge in [-0.25, -0.2) is 4.98 Å². The number of fused-ring (bicyclic) bond motifs is 2. The monoisotopic (exact) mass is 843 g/mol. The Morgan fingerprint density at radius 1 is 0.740 bits per heavy atom. The van der Waals surface area contributed by atoms with Crippen LogP contribution in [0.25, 0.3) is 65.1 Å². The summed E-state index contributed by atoms with van der Waals surface area (Å²) in [5.74, 6) is 0.202. The van der Waals surface area contributed by atoms with Crippen LogP contribution in [0.4, 0.5) is 0 Å². The van der Waals surface area contributed by atoms with Crippen molar-refractivity contribution in [1.29, 1.82) is 5.26 Å². The third kappa shape index (κ3) is 5.92. The minimum absolute atomic E-state index is 0. The maximum absolute atomic E-state index is 10.8. The number of hydrogen-bond donors (Lipinski definition) is 1. The van der Waals surface area contributed by atoms with Crippen LogP contribution in [0.1, 0.15) is 30.5 Å². The van der Waals surface area contributed by atoms with Crippen molar-refractivity contribution in [3.05, 3.63) is 162 Å². The van der Waals surface area contributed by atoms with Crippen molar-refractivity contribution >= 4 is 32.3 Å². The molecule has 244 valence electrons. The largest absolute Gasteiger partial charge is 0.507 e. The van der Waals surface area contributed by atoms with Gasteiger partial charge in [0, 0.05) is 43.1 Å². The fourth-order valence-corrected chi connectivity index (χ4v) is 7.58. The molecule has 0 aliphatic rings. The number of pyridine rings is 1. The normalized spacial score (nSPS) is 11.3. The number of phenolic OH excluding ortho intramolecular Hbond substituents is 1. The molecular weight excluding hydrogens is 814 g/mol. The molecule has 0 atom stereocenters. The zero-order valence-corrected chi connectivity index (χ0v) is 30.4. The number of hydrogen-bond acceptors (Lipinski definition) is 5. The second kappa shape index (κ2) is 13.5. The van der Waals surface area contributed by atoms with E-state index in [9.17, 15) is 10.4 Å². The maximum atomic E-state index is 10.8. The second-order valence-corrected chi connectivity index (χ2v) is 13.7. The standard InChI is InChI=1S/C44H30N3OS.Pt/c1-44(2,32-16-7-4-8-17-32)33-23-38(42-41(24-33)49-43(47-42)35-19-11-12-20-40(35)48)37-22-30(21-29-15-9-10-18-34(29)37)39-25-36(31(26-45)27-46-39)28-13-5-3-6-14-28;/h3-21,23-25,27,48H,1-2H3;/q-1;. The Kier molecular flexibility index (Phi) is 8.93. The van der Waals surface area contributed by atoms with Crippen molar-refractivity contribution in [2.24, 2.45) is 0 Å². The van der Waals surface area contributed by atoms with E-state index >= 15 is 0 Å². The van der Waals surface area contributed by atoms with Crippen molar-refractivity contribution in [2.45, 2.75) is 19.3 Å². The third-order valence-electron chi connectivity index (χ3n) is 9.29. The Bertz CT molecular complexity index is 2550. The van der Waals surface area contributed by atoms with Gasteiger partial charge >= 0.3 is 0 Å². The zero-order valence-electron chi connectivity index (χ0n) is 27.3. The molecule has 8 rings (SSSR count). The van der Waals surface area contributed by atoms with Gasteiger partial charge in [0.15, 0.2) is 0 Å². The number of nitriles is 1. The Balaban J connectivity index is 0.00000392. The van der Waals surface area contributed by atoms with E-state index in [1.54, 1.807) is 23.6 Å². The van der Waals surface area contributed by atoms with Crippen molar-refractivity contribution in [3.8, 4) is 55.9 Å². The van der Waals surface area contributed by atoms with Gasteiger partial charge in [-0.15, -0.1) is 29.0 Å². The Morgan fingerprint density at radius 3 is 2.20 bits per heavy atom. The van der Waals surface area contributed by atoms with Crippen LogP contribution in [0.3, 0.4) is 0 Å². The quantitative estimate of drug-likeness (QED) is 0.169. The van der Waals surface area contributed by atoms with E-state index in [4.69, 9.17) is 9.97 Å². The summed E-state index contributed by atoms with van der Waals surface area (Å²) < 4.78 is 1.03. The fourth-order valence-electron chi connectivity index (χ4n) is 6.51. The molecule has 0 saturated carbocycles. The molecule has 50 heavy (non-hydrogen) atoms. The molecule has 1 N–H and O–H groups in total. The molecule has 0 amide bonds. The molecule has 0 aliphatic heterocycles. The molecule has 0 unspecified atom stereocenters. The molecule has 0 saturated heterocycles. The van der Waals surface area contributed by atoms with Crippen LogP contribution in [-0.2, 0) is 26.5 Å². The SMILES string of the molecule is CC(C)(c1ccccc1)c1cc(-c2[c-]c(-c3cc(-c4ccccc4)c(C#N)cn3)cc3ccccc23)c2nc(-c3ccccc3O)sc2c1.[Pt]. The number of nitrogens with zero attached hydrogens (tertiary/aromatic N) is 3. The molecule has 8 aromatic rings. The fraction of sp³-hybridized carbons (Fsp3) is 0.0682. The predicted molar refractivity (Wildman–Crippen MR) is 200 cm³/mol. The van der Waals surface area contributed by atoms with Crippen LogP contribution in [-0.4, -0.2) is 15.1 Å². The minimum atomic E-state index is -0.310. The van der Waals surface area contributed by atoms with E-state index in [1.807, 2.05) is 66.7 Å². The number of aromatic nitrogens is 2. The molecule has 2 aromatic heterocycles. The predicted octanol–water partition coefficient (Wildman–Crippen LogP) is 11.2. The Hall–Kier alpha value is -5.40. The minimum Gasteiger partial charge on any atom is -0.507 e. The molecule has 0 radical (unpaired) electrons. The molecule has 0 spiro atoms. The topological polar surface area (TPSA) is 69.8 Å². The molecule has 0 fully saturated rings. The number of para-hydroxylation sites is 1. The molecule has 0 bridgehead atoms. The molecule has 6 heteroatoms. The summed E-state index contributed by atoms with van der Waals surface area (Å²) in [4.78, 5) is 9.95. The smallest absolute Gasteiger partial charge is 0.127 e. The van der Waals surface area contributed by atoms with Crippen molar-refractivity contribution in [2.75, 3.05) is 0 Å². The van der Waals surface area contributed by atoms with Crippen LogP contribution in [0.15, 0.2) is 140 Å². The summed E-state index contributed by atoms with van der Waals surface area (Å²) in [6.45, 7) is 4.50. The van der Waals surface area contributed by atoms with Gasteiger partial charge in [-0.2, -0.15) is 5.26 Å². The van der Waals surface area contributed by atoms with E-state index in [0.29, 0.717) is 11.1 Å². The van der Waals surface area contributed by atoms with Crippen LogP contribution in [0, 0.1) is 17.4 Å². The molecule has 6 aromatic carbocycles. The van der Waals surface area contributed by atoms with Crippen LogP contribution < -0.4 is 0 Å². The molecular formula is C44H30N3OPtS-. The summed E-state index contributed by atoms with van der Waals surface area (Å²) in [5.41, 5.74) is 9.37. The summed E-state index contributed by atoms with van der Waals surface area (Å²) >= 11 is 1.58. The Morgan fingerprint density at radius 2 is 1.44 bits per heavy atom. The second-order valence-electron chi connectivity index (χ2n) is 12.6. The average molecular weight is 844 g/mol. The first-order chi connectivity index (χ1) is 23.9. The Labute approximate surface area is 309 Å². The van der Waals surface area contributed by atoms with Crippen LogP contribution in [0.5, 0.6) is 5.75 Å². The van der Waals surface area contributed by atoms with E-state index in [-0.39, 0.29) is 32.2 Å². The summed E-state index contributed by atoms with van der Waals surface area (Å²) in [6, 6.07) is 50.9. The summed E-state index contributed by atoms with van der Waals surface area (Å²) in [6.07, 6.45) is 1.65. The van der Waals surface area contributed by atoms with Gasteiger partial charge in [0.1, 0.15) is 16.8 Å². The van der Waals surface area contributed by atoms with Gasteiger partial charge in [-0.3, -0.25) is 4.98 Å². The number of aromatic hydroxyl groups is 1. The number of benzene rings is 6. The summed E-state index contributed by atoms with van der Waals surface area (Å²) in [5, 5.41) is 23.6. The van der Waals surface area contributed by atoms with E-state index in [0.717, 1.165) is 65.1 Å². The van der Waals surface area contributed by atoms with Gasteiger partial charge in [0.05, 0.1) is 16.6 Å². The van der Waals surface area contributed by atoms with Gasteiger partial charge in [0.25, 0.3) is 0 Å². The van der Waals surface area contributed by atoms with Crippen molar-refractivity contribution in [3.63, 3.8) is 0 Å². The van der Waals surface area contributed by atoms with Gasteiger partial charge < -0.3 is 5.11 Å². The number of rotatable bonds is 6. The van der Waals surface area contributed by atoms with Crippen molar-refractivity contribution in [1.82, 2.24) is 9.97 Å². The van der Waals surface area contributed by atoms with Crippen LogP contribution in [0.2, 0.25) is 0 Å². The third-order valence-corrected chi connectivity index (χ3v) is 10.3. The van der Waals surface area contributed by atoms with Gasteiger partial charge in [-0.05, 0) is 40.5 Å². The van der Waals surface area contributed by atoms with Gasteiger partial charge in [0.2, 0.25) is 0 Å². The zero-order chi connectivity index (χ0) is 33.5. The maximum Gasteiger partial charge on any atom is 0.127 e. The number of phenols is 1. The van der Waals surface area contributed by atoms with Crippen molar-refractivity contribution < 1.29 is 26.2 Å². The first-order valence-corrected chi connectivity index (χ1v) is 16.9. The number of thiazole rings is 1. The molecule has 0 aliphatic carbocycles.